The number of amides is 2. The van der Waals surface area contributed by atoms with E-state index in [0.29, 0.717) is 13.1 Å². The molecule has 0 spiro atoms. The minimum atomic E-state index is -0.484. The zero-order valence-corrected chi connectivity index (χ0v) is 13.3. The first kappa shape index (κ1) is 16.1. The number of likely N-dealkylation sites (tertiary alicyclic amines) is 2. The molecular weight excluding hydrogens is 272 g/mol. The highest BCUT2D eigenvalue weighted by atomic mass is 16.6. The van der Waals surface area contributed by atoms with Gasteiger partial charge in [-0.2, -0.15) is 0 Å². The molecule has 0 radical (unpaired) electrons. The van der Waals surface area contributed by atoms with Crippen molar-refractivity contribution in [2.45, 2.75) is 51.7 Å². The van der Waals surface area contributed by atoms with Crippen LogP contribution in [0.4, 0.5) is 4.79 Å². The maximum atomic E-state index is 11.9. The molecule has 6 nitrogen and oxygen atoms in total. The van der Waals surface area contributed by atoms with Gasteiger partial charge in [-0.15, -0.1) is 0 Å². The molecule has 0 aliphatic carbocycles. The Morgan fingerprint density at radius 3 is 2.38 bits per heavy atom. The number of carbonyl (C=O) groups is 2. The van der Waals surface area contributed by atoms with Crippen LogP contribution in [0.2, 0.25) is 0 Å². The van der Waals surface area contributed by atoms with Gasteiger partial charge < -0.3 is 19.3 Å². The van der Waals surface area contributed by atoms with E-state index in [1.807, 2.05) is 25.7 Å². The summed E-state index contributed by atoms with van der Waals surface area (Å²) in [5.74, 6) is 0.0585. The lowest BCUT2D eigenvalue weighted by Gasteiger charge is -2.24. The Kier molecular flexibility index (Phi) is 5.08. The summed E-state index contributed by atoms with van der Waals surface area (Å²) in [7, 11) is 0. The van der Waals surface area contributed by atoms with Crippen LogP contribution in [-0.2, 0) is 14.3 Å². The van der Waals surface area contributed by atoms with Gasteiger partial charge >= 0.3 is 6.09 Å². The molecule has 2 heterocycles. The van der Waals surface area contributed by atoms with Crippen molar-refractivity contribution in [2.75, 3.05) is 32.8 Å². The Morgan fingerprint density at radius 2 is 1.76 bits per heavy atom. The third-order valence-corrected chi connectivity index (χ3v) is 3.70. The number of hydrogen-bond acceptors (Lipinski definition) is 4. The monoisotopic (exact) mass is 298 g/mol. The van der Waals surface area contributed by atoms with Crippen LogP contribution < -0.4 is 0 Å². The van der Waals surface area contributed by atoms with Crippen molar-refractivity contribution in [3.8, 4) is 0 Å². The van der Waals surface area contributed by atoms with E-state index in [2.05, 4.69) is 0 Å². The number of hydrogen-bond donors (Lipinski definition) is 0. The van der Waals surface area contributed by atoms with E-state index in [1.54, 1.807) is 4.90 Å². The second-order valence-corrected chi connectivity index (χ2v) is 6.74. The van der Waals surface area contributed by atoms with Crippen molar-refractivity contribution in [3.05, 3.63) is 0 Å². The Hall–Kier alpha value is -1.30. The third kappa shape index (κ3) is 4.88. The second-order valence-electron chi connectivity index (χ2n) is 6.74. The Labute approximate surface area is 126 Å². The summed E-state index contributed by atoms with van der Waals surface area (Å²) in [6.07, 6.45) is 2.55. The van der Waals surface area contributed by atoms with Gasteiger partial charge in [0.2, 0.25) is 5.91 Å². The molecule has 0 N–H and O–H groups in total. The zero-order valence-electron chi connectivity index (χ0n) is 13.3. The quantitative estimate of drug-likeness (QED) is 0.794. The Morgan fingerprint density at radius 1 is 1.10 bits per heavy atom. The van der Waals surface area contributed by atoms with Crippen LogP contribution in [0.25, 0.3) is 0 Å². The zero-order chi connectivity index (χ0) is 15.5. The smallest absolute Gasteiger partial charge is 0.410 e. The van der Waals surface area contributed by atoms with E-state index >= 15 is 0 Å². The SMILES string of the molecule is CC(C)(C)OC(=O)N1CCC(OCC(=O)N2CCCC2)C1. The lowest BCUT2D eigenvalue weighted by atomic mass is 10.2. The van der Waals surface area contributed by atoms with Gasteiger partial charge in [0.15, 0.2) is 0 Å². The molecule has 2 saturated heterocycles. The number of rotatable bonds is 3. The molecule has 0 saturated carbocycles. The fourth-order valence-electron chi connectivity index (χ4n) is 2.60. The second kappa shape index (κ2) is 6.64. The van der Waals surface area contributed by atoms with Crippen molar-refractivity contribution in [3.63, 3.8) is 0 Å². The van der Waals surface area contributed by atoms with E-state index in [-0.39, 0.29) is 24.7 Å². The van der Waals surface area contributed by atoms with E-state index < -0.39 is 5.60 Å². The average Bonchev–Trinajstić information content (AvgIpc) is 3.05. The maximum Gasteiger partial charge on any atom is 0.410 e. The van der Waals surface area contributed by atoms with Gasteiger partial charge in [-0.05, 0) is 40.0 Å². The summed E-state index contributed by atoms with van der Waals surface area (Å²) in [6.45, 7) is 8.48. The van der Waals surface area contributed by atoms with Crippen LogP contribution in [0.15, 0.2) is 0 Å². The fraction of sp³-hybridized carbons (Fsp3) is 0.867. The van der Waals surface area contributed by atoms with Gasteiger partial charge in [0.1, 0.15) is 12.2 Å². The van der Waals surface area contributed by atoms with E-state index in [0.717, 1.165) is 32.4 Å². The Bertz CT molecular complexity index is 386. The molecule has 1 atom stereocenters. The first-order chi connectivity index (χ1) is 9.85. The van der Waals surface area contributed by atoms with Gasteiger partial charge in [0.25, 0.3) is 0 Å². The van der Waals surface area contributed by atoms with E-state index in [4.69, 9.17) is 9.47 Å². The van der Waals surface area contributed by atoms with Gasteiger partial charge in [0.05, 0.1) is 12.6 Å². The molecular formula is C15H26N2O4. The maximum absolute atomic E-state index is 11.9. The first-order valence-corrected chi connectivity index (χ1v) is 7.72. The predicted octanol–water partition coefficient (Wildman–Crippen LogP) is 1.63. The molecule has 2 aliphatic heterocycles. The molecule has 21 heavy (non-hydrogen) atoms. The highest BCUT2D eigenvalue weighted by Crippen LogP contribution is 2.17. The fourth-order valence-corrected chi connectivity index (χ4v) is 2.60. The molecule has 0 aromatic heterocycles. The van der Waals surface area contributed by atoms with Crippen molar-refractivity contribution in [1.82, 2.24) is 9.80 Å². The molecule has 2 amide bonds. The topological polar surface area (TPSA) is 59.1 Å². The van der Waals surface area contributed by atoms with E-state index in [1.165, 1.54) is 0 Å². The lowest BCUT2D eigenvalue weighted by molar-refractivity contribution is -0.136. The standard InChI is InChI=1S/C15H26N2O4/c1-15(2,3)21-14(19)17-9-6-12(10-17)20-11-13(18)16-7-4-5-8-16/h12H,4-11H2,1-3H3. The lowest BCUT2D eigenvalue weighted by Crippen LogP contribution is -2.37. The van der Waals surface area contributed by atoms with Crippen molar-refractivity contribution < 1.29 is 19.1 Å². The molecule has 2 fully saturated rings. The minimum absolute atomic E-state index is 0.0585. The Balaban J connectivity index is 1.70. The minimum Gasteiger partial charge on any atom is -0.444 e. The molecule has 0 bridgehead atoms. The first-order valence-electron chi connectivity index (χ1n) is 7.72. The normalized spacial score (nSPS) is 22.7. The van der Waals surface area contributed by atoms with Crippen LogP contribution in [-0.4, -0.2) is 66.3 Å². The van der Waals surface area contributed by atoms with Crippen LogP contribution >= 0.6 is 0 Å². The molecule has 0 aromatic rings. The van der Waals surface area contributed by atoms with Crippen molar-refractivity contribution in [1.29, 1.82) is 0 Å². The summed E-state index contributed by atoms with van der Waals surface area (Å²) < 4.78 is 11.0. The van der Waals surface area contributed by atoms with Gasteiger partial charge in [-0.1, -0.05) is 0 Å². The van der Waals surface area contributed by atoms with Crippen LogP contribution in [0.5, 0.6) is 0 Å². The highest BCUT2D eigenvalue weighted by Gasteiger charge is 2.31. The summed E-state index contributed by atoms with van der Waals surface area (Å²) in [5.41, 5.74) is -0.484. The molecule has 0 aromatic carbocycles. The molecule has 2 aliphatic rings. The predicted molar refractivity (Wildman–Crippen MR) is 78.0 cm³/mol. The third-order valence-electron chi connectivity index (χ3n) is 3.70. The number of nitrogens with zero attached hydrogens (tertiary/aromatic N) is 2. The molecule has 2 rings (SSSR count). The van der Waals surface area contributed by atoms with Gasteiger partial charge in [-0.3, -0.25) is 4.79 Å². The average molecular weight is 298 g/mol. The summed E-state index contributed by atoms with van der Waals surface area (Å²) in [6, 6.07) is 0. The van der Waals surface area contributed by atoms with Crippen LogP contribution in [0, 0.1) is 0 Å². The summed E-state index contributed by atoms with van der Waals surface area (Å²) >= 11 is 0. The van der Waals surface area contributed by atoms with Gasteiger partial charge in [0, 0.05) is 19.6 Å². The summed E-state index contributed by atoms with van der Waals surface area (Å²) in [5, 5.41) is 0. The molecule has 1 unspecified atom stereocenters. The highest BCUT2D eigenvalue weighted by molar-refractivity contribution is 5.77. The molecule has 120 valence electrons. The summed E-state index contributed by atoms with van der Waals surface area (Å²) in [4.78, 5) is 27.3. The number of carbonyl (C=O) groups excluding carboxylic acids is 2. The largest absolute Gasteiger partial charge is 0.444 e. The van der Waals surface area contributed by atoms with Gasteiger partial charge in [-0.25, -0.2) is 4.79 Å². The van der Waals surface area contributed by atoms with E-state index in [9.17, 15) is 9.59 Å². The molecule has 6 heteroatoms. The van der Waals surface area contributed by atoms with Crippen LogP contribution in [0.1, 0.15) is 40.0 Å². The number of ether oxygens (including phenoxy) is 2. The van der Waals surface area contributed by atoms with Crippen LogP contribution in [0.3, 0.4) is 0 Å². The van der Waals surface area contributed by atoms with Crippen molar-refractivity contribution >= 4 is 12.0 Å². The van der Waals surface area contributed by atoms with Crippen molar-refractivity contribution in [2.24, 2.45) is 0 Å².